The highest BCUT2D eigenvalue weighted by atomic mass is 16.6. The minimum atomic E-state index is -0.480. The molecule has 2 unspecified atom stereocenters. The van der Waals surface area contributed by atoms with Gasteiger partial charge in [-0.2, -0.15) is 0 Å². The topological polar surface area (TPSA) is 81.4 Å². The summed E-state index contributed by atoms with van der Waals surface area (Å²) < 4.78 is 5.16. The van der Waals surface area contributed by atoms with Crippen LogP contribution < -0.4 is 11.1 Å². The van der Waals surface area contributed by atoms with Gasteiger partial charge in [-0.05, 0) is 46.0 Å². The van der Waals surface area contributed by atoms with E-state index in [1.807, 2.05) is 20.8 Å². The second-order valence-electron chi connectivity index (χ2n) is 6.01. The third kappa shape index (κ3) is 5.38. The minimum absolute atomic E-state index is 0.0378. The van der Waals surface area contributed by atoms with Crippen LogP contribution in [-0.2, 0) is 9.53 Å². The second-order valence-corrected chi connectivity index (χ2v) is 6.01. The Labute approximate surface area is 108 Å². The first kappa shape index (κ1) is 14.8. The summed E-state index contributed by atoms with van der Waals surface area (Å²) in [6.07, 6.45) is 3.26. The maximum absolute atomic E-state index is 11.5. The molecule has 0 aromatic carbocycles. The molecule has 0 aromatic heterocycles. The van der Waals surface area contributed by atoms with Crippen molar-refractivity contribution < 1.29 is 14.3 Å². The zero-order valence-corrected chi connectivity index (χ0v) is 11.5. The predicted octanol–water partition coefficient (Wildman–Crippen LogP) is 1.80. The van der Waals surface area contributed by atoms with E-state index in [1.165, 1.54) is 0 Å². The van der Waals surface area contributed by atoms with Gasteiger partial charge in [0.05, 0.1) is 0 Å². The largest absolute Gasteiger partial charge is 0.444 e. The van der Waals surface area contributed by atoms with Gasteiger partial charge in [0, 0.05) is 12.5 Å². The van der Waals surface area contributed by atoms with E-state index in [-0.39, 0.29) is 11.8 Å². The van der Waals surface area contributed by atoms with E-state index >= 15 is 0 Å². The Morgan fingerprint density at radius 1 is 1.33 bits per heavy atom. The molecule has 104 valence electrons. The highest BCUT2D eigenvalue weighted by Crippen LogP contribution is 2.28. The lowest BCUT2D eigenvalue weighted by Crippen LogP contribution is -2.37. The lowest BCUT2D eigenvalue weighted by Gasteiger charge is -2.27. The van der Waals surface area contributed by atoms with E-state index in [4.69, 9.17) is 10.5 Å². The van der Waals surface area contributed by atoms with E-state index in [0.717, 1.165) is 25.7 Å². The number of amides is 2. The average molecular weight is 256 g/mol. The van der Waals surface area contributed by atoms with Crippen molar-refractivity contribution in [1.29, 1.82) is 0 Å². The van der Waals surface area contributed by atoms with E-state index in [1.54, 1.807) is 0 Å². The number of primary amides is 1. The van der Waals surface area contributed by atoms with Gasteiger partial charge in [0.2, 0.25) is 5.91 Å². The number of carbonyl (C=O) groups excluding carboxylic acids is 2. The molecule has 3 N–H and O–H groups in total. The number of hydrogen-bond donors (Lipinski definition) is 2. The van der Waals surface area contributed by atoms with Crippen molar-refractivity contribution in [3.05, 3.63) is 0 Å². The molecule has 18 heavy (non-hydrogen) atoms. The number of ether oxygens (including phenoxy) is 1. The van der Waals surface area contributed by atoms with Gasteiger partial charge in [-0.25, -0.2) is 4.79 Å². The van der Waals surface area contributed by atoms with Crippen molar-refractivity contribution in [2.24, 2.45) is 17.6 Å². The molecule has 0 aromatic rings. The fourth-order valence-electron chi connectivity index (χ4n) is 2.28. The van der Waals surface area contributed by atoms with E-state index in [9.17, 15) is 9.59 Å². The second kappa shape index (κ2) is 6.07. The number of alkyl carbamates (subject to hydrolysis) is 1. The van der Waals surface area contributed by atoms with Crippen LogP contribution >= 0.6 is 0 Å². The summed E-state index contributed by atoms with van der Waals surface area (Å²) in [5.74, 6) is 0.0601. The van der Waals surface area contributed by atoms with Crippen LogP contribution in [0.4, 0.5) is 4.79 Å². The maximum Gasteiger partial charge on any atom is 0.407 e. The Morgan fingerprint density at radius 3 is 2.56 bits per heavy atom. The van der Waals surface area contributed by atoms with Crippen LogP contribution in [-0.4, -0.2) is 24.1 Å². The Kier molecular flexibility index (Phi) is 4.99. The molecule has 1 rings (SSSR count). The summed E-state index contributed by atoms with van der Waals surface area (Å²) in [5.41, 5.74) is 4.84. The molecule has 5 heteroatoms. The molecule has 0 heterocycles. The summed E-state index contributed by atoms with van der Waals surface area (Å²) >= 11 is 0. The summed E-state index contributed by atoms with van der Waals surface area (Å²) in [4.78, 5) is 22.6. The first-order chi connectivity index (χ1) is 8.28. The lowest BCUT2D eigenvalue weighted by molar-refractivity contribution is -0.123. The summed E-state index contributed by atoms with van der Waals surface area (Å²) in [5, 5.41) is 2.76. The SMILES string of the molecule is CC(C)(C)OC(=O)NCC1CCCC(C(N)=O)C1. The molecule has 1 aliphatic carbocycles. The molecule has 2 atom stereocenters. The van der Waals surface area contributed by atoms with Gasteiger partial charge in [0.1, 0.15) is 5.60 Å². The molecule has 1 aliphatic rings. The third-order valence-corrected chi connectivity index (χ3v) is 3.12. The van der Waals surface area contributed by atoms with Crippen LogP contribution in [0.25, 0.3) is 0 Å². The Morgan fingerprint density at radius 2 is 2.00 bits per heavy atom. The molecular formula is C13H24N2O3. The first-order valence-corrected chi connectivity index (χ1v) is 6.54. The molecule has 0 bridgehead atoms. The maximum atomic E-state index is 11.5. The van der Waals surface area contributed by atoms with Crippen LogP contribution in [0.3, 0.4) is 0 Å². The molecule has 5 nitrogen and oxygen atoms in total. The number of carbonyl (C=O) groups is 2. The van der Waals surface area contributed by atoms with E-state index in [2.05, 4.69) is 5.32 Å². The minimum Gasteiger partial charge on any atom is -0.444 e. The van der Waals surface area contributed by atoms with Crippen LogP contribution in [0.5, 0.6) is 0 Å². The predicted molar refractivity (Wildman–Crippen MR) is 68.9 cm³/mol. The number of nitrogens with one attached hydrogen (secondary N) is 1. The average Bonchev–Trinajstić information content (AvgIpc) is 2.24. The zero-order chi connectivity index (χ0) is 13.8. The van der Waals surface area contributed by atoms with Crippen LogP contribution in [0.15, 0.2) is 0 Å². The standard InChI is InChI=1S/C13H24N2O3/c1-13(2,3)18-12(17)15-8-9-5-4-6-10(7-9)11(14)16/h9-10H,4-8H2,1-3H3,(H2,14,16)(H,15,17). The Hall–Kier alpha value is -1.26. The highest BCUT2D eigenvalue weighted by molar-refractivity contribution is 5.76. The molecule has 1 saturated carbocycles. The van der Waals surface area contributed by atoms with Gasteiger partial charge in [0.15, 0.2) is 0 Å². The van der Waals surface area contributed by atoms with Crippen molar-refractivity contribution in [3.63, 3.8) is 0 Å². The van der Waals surface area contributed by atoms with Gasteiger partial charge in [-0.15, -0.1) is 0 Å². The number of nitrogens with two attached hydrogens (primary N) is 1. The van der Waals surface area contributed by atoms with Crippen molar-refractivity contribution in [2.45, 2.75) is 52.1 Å². The summed E-state index contributed by atoms with van der Waals surface area (Å²) in [6.45, 7) is 6.04. The van der Waals surface area contributed by atoms with Gasteiger partial charge >= 0.3 is 6.09 Å². The van der Waals surface area contributed by atoms with Gasteiger partial charge in [0.25, 0.3) is 0 Å². The summed E-state index contributed by atoms with van der Waals surface area (Å²) in [7, 11) is 0. The Bertz CT molecular complexity index is 310. The molecule has 2 amide bonds. The van der Waals surface area contributed by atoms with Crippen molar-refractivity contribution >= 4 is 12.0 Å². The smallest absolute Gasteiger partial charge is 0.407 e. The monoisotopic (exact) mass is 256 g/mol. The normalized spacial score (nSPS) is 24.4. The highest BCUT2D eigenvalue weighted by Gasteiger charge is 2.26. The van der Waals surface area contributed by atoms with Crippen molar-refractivity contribution in [1.82, 2.24) is 5.32 Å². The van der Waals surface area contributed by atoms with Gasteiger partial charge in [-0.1, -0.05) is 6.42 Å². The molecule has 0 aliphatic heterocycles. The fraction of sp³-hybridized carbons (Fsp3) is 0.846. The summed E-state index contributed by atoms with van der Waals surface area (Å²) in [6, 6.07) is 0. The van der Waals surface area contributed by atoms with Crippen LogP contribution in [0.2, 0.25) is 0 Å². The zero-order valence-electron chi connectivity index (χ0n) is 11.5. The third-order valence-electron chi connectivity index (χ3n) is 3.12. The van der Waals surface area contributed by atoms with Crippen molar-refractivity contribution in [3.8, 4) is 0 Å². The van der Waals surface area contributed by atoms with E-state index < -0.39 is 11.7 Å². The van der Waals surface area contributed by atoms with Gasteiger partial charge in [-0.3, -0.25) is 4.79 Å². The van der Waals surface area contributed by atoms with Crippen molar-refractivity contribution in [2.75, 3.05) is 6.54 Å². The molecular weight excluding hydrogens is 232 g/mol. The molecule has 1 fully saturated rings. The fourth-order valence-corrected chi connectivity index (χ4v) is 2.28. The quantitative estimate of drug-likeness (QED) is 0.808. The Balaban J connectivity index is 2.31. The van der Waals surface area contributed by atoms with Gasteiger partial charge < -0.3 is 15.8 Å². The number of hydrogen-bond acceptors (Lipinski definition) is 3. The molecule has 0 spiro atoms. The van der Waals surface area contributed by atoms with E-state index in [0.29, 0.717) is 12.5 Å². The first-order valence-electron chi connectivity index (χ1n) is 6.54. The van der Waals surface area contributed by atoms with Crippen LogP contribution in [0.1, 0.15) is 46.5 Å². The molecule has 0 radical (unpaired) electrons. The van der Waals surface area contributed by atoms with Crippen LogP contribution in [0, 0.1) is 11.8 Å². The number of rotatable bonds is 3. The lowest BCUT2D eigenvalue weighted by atomic mass is 9.81. The molecule has 0 saturated heterocycles.